The summed E-state index contributed by atoms with van der Waals surface area (Å²) in [7, 11) is 1.96. The van der Waals surface area contributed by atoms with Crippen LogP contribution in [0, 0.1) is 6.92 Å². The van der Waals surface area contributed by atoms with Crippen LogP contribution in [0.2, 0.25) is 0 Å². The van der Waals surface area contributed by atoms with Crippen molar-refractivity contribution >= 4 is 0 Å². The molecule has 1 rings (SSSR count). The molecule has 0 amide bonds. The fraction of sp³-hybridized carbons (Fsp3) is 0.750. The summed E-state index contributed by atoms with van der Waals surface area (Å²) in [4.78, 5) is 0. The van der Waals surface area contributed by atoms with Crippen molar-refractivity contribution in [2.75, 3.05) is 19.8 Å². The minimum atomic E-state index is 0.822. The van der Waals surface area contributed by atoms with Crippen molar-refractivity contribution in [3.05, 3.63) is 17.5 Å². The molecule has 1 aromatic heterocycles. The van der Waals surface area contributed by atoms with Gasteiger partial charge in [0.2, 0.25) is 0 Å². The van der Waals surface area contributed by atoms with Crippen molar-refractivity contribution in [1.82, 2.24) is 15.1 Å². The van der Waals surface area contributed by atoms with Crippen LogP contribution in [0.3, 0.4) is 0 Å². The maximum atomic E-state index is 5.28. The second kappa shape index (κ2) is 7.41. The van der Waals surface area contributed by atoms with Gasteiger partial charge >= 0.3 is 0 Å². The topological polar surface area (TPSA) is 39.1 Å². The predicted molar refractivity (Wildman–Crippen MR) is 65.4 cm³/mol. The first-order chi connectivity index (χ1) is 7.74. The van der Waals surface area contributed by atoms with Crippen LogP contribution in [-0.2, 0) is 18.3 Å². The molecule has 4 heteroatoms. The molecule has 0 saturated carbocycles. The average molecular weight is 225 g/mol. The Kier molecular flexibility index (Phi) is 6.11. The summed E-state index contributed by atoms with van der Waals surface area (Å²) >= 11 is 0. The van der Waals surface area contributed by atoms with Gasteiger partial charge in [0, 0.05) is 38.6 Å². The van der Waals surface area contributed by atoms with E-state index in [0.29, 0.717) is 0 Å². The molecule has 0 unspecified atom stereocenters. The number of ether oxygens (including phenoxy) is 1. The average Bonchev–Trinajstić information content (AvgIpc) is 2.56. The number of unbranched alkanes of at least 4 members (excludes halogenated alkanes) is 1. The fourth-order valence-electron chi connectivity index (χ4n) is 1.64. The Bertz CT molecular complexity index is 296. The lowest BCUT2D eigenvalue weighted by Gasteiger charge is -2.04. The lowest BCUT2D eigenvalue weighted by atomic mass is 10.2. The zero-order valence-corrected chi connectivity index (χ0v) is 10.6. The molecule has 0 spiro atoms. The molecule has 4 nitrogen and oxygen atoms in total. The van der Waals surface area contributed by atoms with Crippen LogP contribution in [0.5, 0.6) is 0 Å². The lowest BCUT2D eigenvalue weighted by Crippen LogP contribution is -2.15. The molecule has 1 heterocycles. The minimum absolute atomic E-state index is 0.822. The summed E-state index contributed by atoms with van der Waals surface area (Å²) in [6.07, 6.45) is 4.37. The van der Waals surface area contributed by atoms with Gasteiger partial charge in [-0.1, -0.05) is 0 Å². The van der Waals surface area contributed by atoms with E-state index in [2.05, 4.69) is 16.6 Å². The first kappa shape index (κ1) is 13.2. The van der Waals surface area contributed by atoms with E-state index in [9.17, 15) is 0 Å². The Hall–Kier alpha value is -0.870. The number of hydrogen-bond acceptors (Lipinski definition) is 3. The normalized spacial score (nSPS) is 10.9. The summed E-state index contributed by atoms with van der Waals surface area (Å²) in [5, 5.41) is 7.73. The molecule has 1 N–H and O–H groups in total. The molecule has 0 aliphatic heterocycles. The highest BCUT2D eigenvalue weighted by atomic mass is 16.5. The maximum Gasteiger partial charge on any atom is 0.0638 e. The number of nitrogens with zero attached hydrogens (tertiary/aromatic N) is 2. The molecular weight excluding hydrogens is 202 g/mol. The largest absolute Gasteiger partial charge is 0.382 e. The van der Waals surface area contributed by atoms with E-state index in [1.54, 1.807) is 0 Å². The number of hydrogen-bond donors (Lipinski definition) is 1. The minimum Gasteiger partial charge on any atom is -0.382 e. The van der Waals surface area contributed by atoms with E-state index in [1.165, 1.54) is 12.0 Å². The Morgan fingerprint density at radius 2 is 2.25 bits per heavy atom. The molecule has 0 aromatic carbocycles. The maximum absolute atomic E-state index is 5.28. The van der Waals surface area contributed by atoms with E-state index in [-0.39, 0.29) is 0 Å². The van der Waals surface area contributed by atoms with Crippen molar-refractivity contribution in [2.24, 2.45) is 7.05 Å². The highest BCUT2D eigenvalue weighted by Gasteiger charge is 2.01. The van der Waals surface area contributed by atoms with E-state index in [4.69, 9.17) is 4.74 Å². The van der Waals surface area contributed by atoms with Crippen LogP contribution in [0.25, 0.3) is 0 Å². The molecule has 92 valence electrons. The highest BCUT2D eigenvalue weighted by Crippen LogP contribution is 2.03. The van der Waals surface area contributed by atoms with Gasteiger partial charge in [0.1, 0.15) is 0 Å². The fourth-order valence-corrected chi connectivity index (χ4v) is 1.64. The van der Waals surface area contributed by atoms with Crippen molar-refractivity contribution in [3.63, 3.8) is 0 Å². The lowest BCUT2D eigenvalue weighted by molar-refractivity contribution is 0.143. The molecule has 0 aliphatic carbocycles. The van der Waals surface area contributed by atoms with Gasteiger partial charge in [0.05, 0.1) is 5.69 Å². The van der Waals surface area contributed by atoms with Crippen LogP contribution in [0.1, 0.15) is 31.0 Å². The van der Waals surface area contributed by atoms with Crippen LogP contribution < -0.4 is 5.32 Å². The summed E-state index contributed by atoms with van der Waals surface area (Å²) in [5.41, 5.74) is 2.40. The second-order valence-electron chi connectivity index (χ2n) is 3.99. The molecule has 0 bridgehead atoms. The van der Waals surface area contributed by atoms with Gasteiger partial charge in [0.15, 0.2) is 0 Å². The third-order valence-electron chi connectivity index (χ3n) is 2.53. The Labute approximate surface area is 98.0 Å². The molecule has 0 saturated heterocycles. The Morgan fingerprint density at radius 3 is 2.88 bits per heavy atom. The zero-order valence-electron chi connectivity index (χ0n) is 10.6. The number of aryl methyl sites for hydroxylation is 2. The van der Waals surface area contributed by atoms with Crippen LogP contribution in [0.15, 0.2) is 6.20 Å². The Balaban J connectivity index is 2.05. The first-order valence-electron chi connectivity index (χ1n) is 6.01. The van der Waals surface area contributed by atoms with Gasteiger partial charge in [0.25, 0.3) is 0 Å². The van der Waals surface area contributed by atoms with Crippen LogP contribution >= 0.6 is 0 Å². The third-order valence-corrected chi connectivity index (χ3v) is 2.53. The number of rotatable bonds is 8. The molecule has 0 fully saturated rings. The quantitative estimate of drug-likeness (QED) is 0.684. The van der Waals surface area contributed by atoms with E-state index in [1.807, 2.05) is 25.6 Å². The smallest absolute Gasteiger partial charge is 0.0638 e. The molecule has 0 radical (unpaired) electrons. The second-order valence-corrected chi connectivity index (χ2v) is 3.99. The van der Waals surface area contributed by atoms with Crippen LogP contribution in [0.4, 0.5) is 0 Å². The van der Waals surface area contributed by atoms with Crippen molar-refractivity contribution in [1.29, 1.82) is 0 Å². The summed E-state index contributed by atoms with van der Waals surface area (Å²) in [6, 6.07) is 0. The summed E-state index contributed by atoms with van der Waals surface area (Å²) in [6.45, 7) is 7.73. The summed E-state index contributed by atoms with van der Waals surface area (Å²) < 4.78 is 7.14. The molecule has 0 aliphatic rings. The van der Waals surface area contributed by atoms with Gasteiger partial charge in [-0.3, -0.25) is 4.68 Å². The first-order valence-corrected chi connectivity index (χ1v) is 6.01. The monoisotopic (exact) mass is 225 g/mol. The number of aromatic nitrogens is 2. The van der Waals surface area contributed by atoms with Gasteiger partial charge < -0.3 is 10.1 Å². The predicted octanol–water partition coefficient (Wildman–Crippen LogP) is 1.63. The highest BCUT2D eigenvalue weighted by molar-refractivity contribution is 5.14. The molecular formula is C12H23N3O. The zero-order chi connectivity index (χ0) is 11.8. The van der Waals surface area contributed by atoms with Crippen molar-refractivity contribution in [3.8, 4) is 0 Å². The van der Waals surface area contributed by atoms with Crippen LogP contribution in [-0.4, -0.2) is 29.5 Å². The third kappa shape index (κ3) is 4.77. The molecule has 0 atom stereocenters. The molecule has 1 aromatic rings. The van der Waals surface area contributed by atoms with Crippen molar-refractivity contribution < 1.29 is 4.74 Å². The van der Waals surface area contributed by atoms with Gasteiger partial charge in [-0.15, -0.1) is 0 Å². The van der Waals surface area contributed by atoms with Crippen molar-refractivity contribution in [2.45, 2.75) is 33.2 Å². The van der Waals surface area contributed by atoms with E-state index >= 15 is 0 Å². The van der Waals surface area contributed by atoms with E-state index in [0.717, 1.165) is 38.4 Å². The van der Waals surface area contributed by atoms with Gasteiger partial charge in [-0.2, -0.15) is 5.10 Å². The molecule has 16 heavy (non-hydrogen) atoms. The standard InChI is InChI=1S/C12H23N3O/c1-4-16-8-6-5-7-13-9-12-10-15(3)14-11(12)2/h10,13H,4-9H2,1-3H3. The van der Waals surface area contributed by atoms with Gasteiger partial charge in [-0.05, 0) is 33.2 Å². The van der Waals surface area contributed by atoms with Gasteiger partial charge in [-0.25, -0.2) is 0 Å². The van der Waals surface area contributed by atoms with E-state index < -0.39 is 0 Å². The SMILES string of the molecule is CCOCCCCNCc1cn(C)nc1C. The Morgan fingerprint density at radius 1 is 1.44 bits per heavy atom. The summed E-state index contributed by atoms with van der Waals surface area (Å²) in [5.74, 6) is 0. The number of nitrogens with one attached hydrogen (secondary N) is 1.